The summed E-state index contributed by atoms with van der Waals surface area (Å²) >= 11 is 3.18. The Kier molecular flexibility index (Phi) is 19.8. The average Bonchev–Trinajstić information content (AvgIpc) is 2.12. The molecule has 0 fully saturated rings. The van der Waals surface area contributed by atoms with Crippen LogP contribution in [-0.4, -0.2) is 17.0 Å². The summed E-state index contributed by atoms with van der Waals surface area (Å²) in [7, 11) is 0. The predicted octanol–water partition coefficient (Wildman–Crippen LogP) is 2.19. The third kappa shape index (κ3) is 22.7. The highest BCUT2D eigenvalue weighted by Gasteiger charge is 1.57. The van der Waals surface area contributed by atoms with Crippen LogP contribution in [0.3, 0.4) is 0 Å². The van der Waals surface area contributed by atoms with Crippen molar-refractivity contribution in [3.05, 3.63) is 0 Å². The number of hydrogen-bond acceptors (Lipinski definition) is 1. The molecular formula is C10H15BrO. The molecule has 2 heteroatoms. The third-order valence-corrected chi connectivity index (χ3v) is 1.03. The normalized spacial score (nSPS) is 6.33. The van der Waals surface area contributed by atoms with Crippen LogP contribution in [0.5, 0.6) is 0 Å². The molecule has 0 aromatic heterocycles. The van der Waals surface area contributed by atoms with E-state index >= 15 is 0 Å². The van der Waals surface area contributed by atoms with Gasteiger partial charge < -0.3 is 5.11 Å². The van der Waals surface area contributed by atoms with Crippen LogP contribution < -0.4 is 0 Å². The molecule has 68 valence electrons. The van der Waals surface area contributed by atoms with E-state index in [-0.39, 0.29) is 6.61 Å². The number of hydrogen-bond donors (Lipinski definition) is 1. The molecule has 0 radical (unpaired) electrons. The summed E-state index contributed by atoms with van der Waals surface area (Å²) in [6.45, 7) is 3.98. The SMILES string of the molecule is CCC#CCBr.CCC#CCO. The molecule has 0 aromatic rings. The summed E-state index contributed by atoms with van der Waals surface area (Å²) in [5.41, 5.74) is 0. The van der Waals surface area contributed by atoms with Crippen molar-refractivity contribution in [3.63, 3.8) is 0 Å². The largest absolute Gasteiger partial charge is 0.384 e. The Labute approximate surface area is 83.7 Å². The van der Waals surface area contributed by atoms with Gasteiger partial charge >= 0.3 is 0 Å². The van der Waals surface area contributed by atoms with E-state index in [1.165, 1.54) is 0 Å². The Bertz CT molecular complexity index is 139. The summed E-state index contributed by atoms with van der Waals surface area (Å²) in [5, 5.41) is 8.83. The smallest absolute Gasteiger partial charge is 0.104 e. The van der Waals surface area contributed by atoms with E-state index in [0.717, 1.165) is 18.2 Å². The summed E-state index contributed by atoms with van der Waals surface area (Å²) in [5.74, 6) is 11.0. The van der Waals surface area contributed by atoms with Crippen molar-refractivity contribution in [2.45, 2.75) is 26.7 Å². The highest BCUT2D eigenvalue weighted by molar-refractivity contribution is 9.09. The molecule has 0 aliphatic heterocycles. The lowest BCUT2D eigenvalue weighted by Gasteiger charge is -1.66. The standard InChI is InChI=1S/C5H7Br.C5H8O/c2*1-2-3-4-5-6/h2,5H2,1H3;6H,2,5H2,1H3. The Morgan fingerprint density at radius 3 is 1.67 bits per heavy atom. The zero-order chi connectivity index (χ0) is 9.66. The first-order valence-electron chi connectivity index (χ1n) is 3.91. The van der Waals surface area contributed by atoms with E-state index in [9.17, 15) is 0 Å². The second kappa shape index (κ2) is 16.9. The molecule has 0 aliphatic rings. The molecule has 1 nitrogen and oxygen atoms in total. The number of rotatable bonds is 0. The second-order valence-corrected chi connectivity index (χ2v) is 2.27. The van der Waals surface area contributed by atoms with E-state index in [1.54, 1.807) is 0 Å². The average molecular weight is 231 g/mol. The highest BCUT2D eigenvalue weighted by Crippen LogP contribution is 1.73. The van der Waals surface area contributed by atoms with Gasteiger partial charge in [-0.15, -0.1) is 11.8 Å². The van der Waals surface area contributed by atoms with Crippen molar-refractivity contribution in [2.24, 2.45) is 0 Å². The fourth-order valence-corrected chi connectivity index (χ4v) is 0.551. The van der Waals surface area contributed by atoms with Gasteiger partial charge in [-0.2, -0.15) is 0 Å². The van der Waals surface area contributed by atoms with Gasteiger partial charge in [-0.05, 0) is 0 Å². The molecule has 0 atom stereocenters. The minimum Gasteiger partial charge on any atom is -0.384 e. The summed E-state index contributed by atoms with van der Waals surface area (Å²) < 4.78 is 0. The maximum Gasteiger partial charge on any atom is 0.104 e. The lowest BCUT2D eigenvalue weighted by Crippen LogP contribution is -1.68. The van der Waals surface area contributed by atoms with Crippen molar-refractivity contribution in [1.82, 2.24) is 0 Å². The first-order valence-corrected chi connectivity index (χ1v) is 5.03. The van der Waals surface area contributed by atoms with Gasteiger partial charge in [0.15, 0.2) is 0 Å². The molecular weight excluding hydrogens is 216 g/mol. The topological polar surface area (TPSA) is 20.2 Å². The third-order valence-electron chi connectivity index (χ3n) is 0.749. The molecule has 0 bridgehead atoms. The number of halogens is 1. The summed E-state index contributed by atoms with van der Waals surface area (Å²) in [4.78, 5) is 0. The predicted molar refractivity (Wildman–Crippen MR) is 57.0 cm³/mol. The number of alkyl halides is 1. The molecule has 0 aliphatic carbocycles. The molecule has 0 saturated heterocycles. The van der Waals surface area contributed by atoms with Crippen LogP contribution in [0.25, 0.3) is 0 Å². The van der Waals surface area contributed by atoms with Gasteiger partial charge in [0.2, 0.25) is 0 Å². The summed E-state index contributed by atoms with van der Waals surface area (Å²) in [6.07, 6.45) is 1.80. The van der Waals surface area contributed by atoms with Crippen LogP contribution in [0.2, 0.25) is 0 Å². The van der Waals surface area contributed by atoms with Crippen LogP contribution in [-0.2, 0) is 0 Å². The minimum atomic E-state index is -0.00611. The van der Waals surface area contributed by atoms with Gasteiger partial charge in [-0.3, -0.25) is 0 Å². The number of aliphatic hydroxyl groups excluding tert-OH is 1. The van der Waals surface area contributed by atoms with E-state index in [0.29, 0.717) is 0 Å². The summed E-state index contributed by atoms with van der Waals surface area (Å²) in [6, 6.07) is 0. The maximum absolute atomic E-state index is 8.02. The van der Waals surface area contributed by atoms with Gasteiger partial charge in [0.1, 0.15) is 6.61 Å². The zero-order valence-electron chi connectivity index (χ0n) is 7.65. The van der Waals surface area contributed by atoms with Gasteiger partial charge in [0.25, 0.3) is 0 Å². The second-order valence-electron chi connectivity index (χ2n) is 1.71. The van der Waals surface area contributed by atoms with E-state index in [4.69, 9.17) is 5.11 Å². The molecule has 0 aromatic carbocycles. The molecule has 0 heterocycles. The molecule has 0 rings (SSSR count). The Balaban J connectivity index is 0. The van der Waals surface area contributed by atoms with Crippen LogP contribution >= 0.6 is 15.9 Å². The van der Waals surface area contributed by atoms with E-state index in [2.05, 4.69) is 39.6 Å². The monoisotopic (exact) mass is 230 g/mol. The fraction of sp³-hybridized carbons (Fsp3) is 0.600. The van der Waals surface area contributed by atoms with Gasteiger partial charge in [-0.1, -0.05) is 41.6 Å². The van der Waals surface area contributed by atoms with Crippen molar-refractivity contribution in [1.29, 1.82) is 0 Å². The molecule has 0 amide bonds. The highest BCUT2D eigenvalue weighted by atomic mass is 79.9. The Hall–Kier alpha value is -0.440. The molecule has 1 N–H and O–H groups in total. The minimum absolute atomic E-state index is 0.00611. The Morgan fingerprint density at radius 1 is 1.00 bits per heavy atom. The molecule has 0 unspecified atom stereocenters. The van der Waals surface area contributed by atoms with E-state index < -0.39 is 0 Å². The van der Waals surface area contributed by atoms with Crippen molar-refractivity contribution in [2.75, 3.05) is 11.9 Å². The molecule has 12 heavy (non-hydrogen) atoms. The first kappa shape index (κ1) is 14.1. The van der Waals surface area contributed by atoms with Gasteiger partial charge in [0, 0.05) is 12.8 Å². The van der Waals surface area contributed by atoms with Crippen LogP contribution in [0.15, 0.2) is 0 Å². The van der Waals surface area contributed by atoms with Gasteiger partial charge in [0.05, 0.1) is 5.33 Å². The van der Waals surface area contributed by atoms with Crippen molar-refractivity contribution < 1.29 is 5.11 Å². The maximum atomic E-state index is 8.02. The van der Waals surface area contributed by atoms with E-state index in [1.807, 2.05) is 13.8 Å². The van der Waals surface area contributed by atoms with Crippen molar-refractivity contribution >= 4 is 15.9 Å². The lowest BCUT2D eigenvalue weighted by atomic mass is 10.5. The first-order chi connectivity index (χ1) is 5.83. The van der Waals surface area contributed by atoms with Crippen molar-refractivity contribution in [3.8, 4) is 23.7 Å². The van der Waals surface area contributed by atoms with Crippen LogP contribution in [0, 0.1) is 23.7 Å². The van der Waals surface area contributed by atoms with Gasteiger partial charge in [-0.25, -0.2) is 0 Å². The number of aliphatic hydroxyl groups is 1. The quantitative estimate of drug-likeness (QED) is 0.500. The zero-order valence-corrected chi connectivity index (χ0v) is 9.24. The Morgan fingerprint density at radius 2 is 1.50 bits per heavy atom. The lowest BCUT2D eigenvalue weighted by molar-refractivity contribution is 0.350. The van der Waals surface area contributed by atoms with Crippen LogP contribution in [0.1, 0.15) is 26.7 Å². The van der Waals surface area contributed by atoms with Crippen LogP contribution in [0.4, 0.5) is 0 Å². The molecule has 0 spiro atoms. The molecule has 0 saturated carbocycles. The fourth-order valence-electron chi connectivity index (χ4n) is 0.353.